The van der Waals surface area contributed by atoms with E-state index in [9.17, 15) is 9.59 Å². The summed E-state index contributed by atoms with van der Waals surface area (Å²) in [6.45, 7) is 0. The highest BCUT2D eigenvalue weighted by atomic mass is 16.2. The van der Waals surface area contributed by atoms with Gasteiger partial charge in [0, 0.05) is 0 Å². The van der Waals surface area contributed by atoms with Gasteiger partial charge in [-0.15, -0.1) is 0 Å². The Balaban J connectivity index is 2.84. The zero-order valence-electron chi connectivity index (χ0n) is 6.07. The summed E-state index contributed by atoms with van der Waals surface area (Å²) >= 11 is 0. The molecule has 64 valence electrons. The number of carbonyl (C=O) groups is 2. The molecule has 12 heavy (non-hydrogen) atoms. The van der Waals surface area contributed by atoms with E-state index in [4.69, 9.17) is 11.5 Å². The molecule has 0 aromatic heterocycles. The van der Waals surface area contributed by atoms with Crippen molar-refractivity contribution in [3.05, 3.63) is 0 Å². The third kappa shape index (κ3) is 2.04. The fourth-order valence-electron chi connectivity index (χ4n) is 0.667. The van der Waals surface area contributed by atoms with Gasteiger partial charge in [0.15, 0.2) is 5.96 Å². The van der Waals surface area contributed by atoms with Crippen LogP contribution in [0.5, 0.6) is 0 Å². The van der Waals surface area contributed by atoms with E-state index in [-0.39, 0.29) is 18.3 Å². The molecule has 0 fully saturated rings. The fraction of sp³-hybridized carbons (Fsp3) is 0.200. The monoisotopic (exact) mass is 169 g/mol. The molecule has 0 spiro atoms. The Hall–Kier alpha value is -1.92. The van der Waals surface area contributed by atoms with Crippen LogP contribution >= 0.6 is 0 Å². The molecule has 1 heterocycles. The van der Waals surface area contributed by atoms with Crippen molar-refractivity contribution in [2.45, 2.75) is 6.42 Å². The topological polar surface area (TPSA) is 123 Å². The van der Waals surface area contributed by atoms with E-state index in [2.05, 4.69) is 15.3 Å². The first-order chi connectivity index (χ1) is 5.58. The largest absolute Gasteiger partial charge is 0.370 e. The molecule has 1 rings (SSSR count). The van der Waals surface area contributed by atoms with E-state index in [1.165, 1.54) is 0 Å². The average Bonchev–Trinajstić information content (AvgIpc) is 1.81. The van der Waals surface area contributed by atoms with Crippen LogP contribution in [0.4, 0.5) is 0 Å². The molecule has 0 saturated heterocycles. The van der Waals surface area contributed by atoms with Crippen molar-refractivity contribution < 1.29 is 9.59 Å². The quantitative estimate of drug-likeness (QED) is 0.213. The Morgan fingerprint density at radius 3 is 2.67 bits per heavy atom. The Bertz CT molecular complexity index is 288. The number of nitrogens with two attached hydrogens (primary N) is 2. The average molecular weight is 169 g/mol. The molecular weight excluding hydrogens is 162 g/mol. The van der Waals surface area contributed by atoms with Gasteiger partial charge in [0.05, 0.1) is 0 Å². The maximum atomic E-state index is 10.7. The minimum absolute atomic E-state index is 0.156. The summed E-state index contributed by atoms with van der Waals surface area (Å²) in [6.07, 6.45) is -0.260. The zero-order valence-corrected chi connectivity index (χ0v) is 6.07. The van der Waals surface area contributed by atoms with Crippen LogP contribution in [0.15, 0.2) is 9.98 Å². The smallest absolute Gasteiger partial charge is 0.258 e. The summed E-state index contributed by atoms with van der Waals surface area (Å²) < 4.78 is 0. The van der Waals surface area contributed by atoms with Gasteiger partial charge in [-0.3, -0.25) is 14.9 Å². The van der Waals surface area contributed by atoms with Crippen molar-refractivity contribution in [1.29, 1.82) is 0 Å². The van der Waals surface area contributed by atoms with Gasteiger partial charge in [0.25, 0.3) is 5.91 Å². The minimum Gasteiger partial charge on any atom is -0.370 e. The van der Waals surface area contributed by atoms with Crippen molar-refractivity contribution in [3.63, 3.8) is 0 Å². The molecule has 1 aliphatic rings. The summed E-state index contributed by atoms with van der Waals surface area (Å²) in [5.74, 6) is -1.44. The van der Waals surface area contributed by atoms with Crippen molar-refractivity contribution in [2.75, 3.05) is 0 Å². The second-order valence-electron chi connectivity index (χ2n) is 2.09. The molecule has 0 aromatic carbocycles. The lowest BCUT2D eigenvalue weighted by atomic mass is 10.3. The SMILES string of the molecule is NC(N)=NC1=NC(=O)CC(=O)N1. The fourth-order valence-corrected chi connectivity index (χ4v) is 0.667. The van der Waals surface area contributed by atoms with Crippen molar-refractivity contribution in [3.8, 4) is 0 Å². The molecule has 7 heteroatoms. The van der Waals surface area contributed by atoms with E-state index >= 15 is 0 Å². The molecule has 2 amide bonds. The minimum atomic E-state index is -0.557. The summed E-state index contributed by atoms with van der Waals surface area (Å²) in [5, 5.41) is 2.22. The van der Waals surface area contributed by atoms with Gasteiger partial charge in [-0.05, 0) is 0 Å². The van der Waals surface area contributed by atoms with Crippen molar-refractivity contribution >= 4 is 23.7 Å². The van der Waals surface area contributed by atoms with Crippen LogP contribution in [0.1, 0.15) is 6.42 Å². The van der Waals surface area contributed by atoms with Gasteiger partial charge in [-0.25, -0.2) is 0 Å². The van der Waals surface area contributed by atoms with E-state index in [0.29, 0.717) is 0 Å². The lowest BCUT2D eigenvalue weighted by molar-refractivity contribution is -0.127. The summed E-state index contributed by atoms with van der Waals surface area (Å²) in [6, 6.07) is 0. The van der Waals surface area contributed by atoms with E-state index < -0.39 is 11.8 Å². The summed E-state index contributed by atoms with van der Waals surface area (Å²) in [7, 11) is 0. The van der Waals surface area contributed by atoms with Crippen molar-refractivity contribution in [2.24, 2.45) is 21.5 Å². The van der Waals surface area contributed by atoms with Crippen LogP contribution in [0.25, 0.3) is 0 Å². The van der Waals surface area contributed by atoms with Gasteiger partial charge in [0.1, 0.15) is 6.42 Å². The maximum absolute atomic E-state index is 10.7. The number of rotatable bonds is 0. The molecule has 0 saturated carbocycles. The highest BCUT2D eigenvalue weighted by Gasteiger charge is 2.17. The van der Waals surface area contributed by atoms with Crippen LogP contribution in [-0.4, -0.2) is 23.7 Å². The molecule has 0 unspecified atom stereocenters. The predicted octanol–water partition coefficient (Wildman–Crippen LogP) is -2.34. The van der Waals surface area contributed by atoms with Crippen LogP contribution in [0.2, 0.25) is 0 Å². The standard InChI is InChI=1S/C5H7N5O2/c6-4(7)10-5-8-2(11)1-3(12)9-5/h1H2,(H5,6,7,8,9,10,11,12). The number of nitrogens with zero attached hydrogens (tertiary/aromatic N) is 2. The molecule has 7 nitrogen and oxygen atoms in total. The molecule has 0 atom stereocenters. The molecule has 5 N–H and O–H groups in total. The summed E-state index contributed by atoms with van der Waals surface area (Å²) in [4.78, 5) is 28.1. The number of hydrogen-bond acceptors (Lipinski definition) is 3. The first kappa shape index (κ1) is 8.18. The van der Waals surface area contributed by atoms with E-state index in [0.717, 1.165) is 0 Å². The molecule has 0 radical (unpaired) electrons. The first-order valence-electron chi connectivity index (χ1n) is 3.09. The number of hydrogen-bond donors (Lipinski definition) is 3. The van der Waals surface area contributed by atoms with Crippen molar-refractivity contribution in [1.82, 2.24) is 5.32 Å². The highest BCUT2D eigenvalue weighted by Crippen LogP contribution is 1.94. The van der Waals surface area contributed by atoms with Crippen LogP contribution in [0, 0.1) is 0 Å². The van der Waals surface area contributed by atoms with Gasteiger partial charge < -0.3 is 11.5 Å². The van der Waals surface area contributed by atoms with Crippen LogP contribution in [-0.2, 0) is 9.59 Å². The number of nitrogens with one attached hydrogen (secondary N) is 1. The third-order valence-electron chi connectivity index (χ3n) is 1.03. The normalized spacial score (nSPS) is 16.5. The lowest BCUT2D eigenvalue weighted by Crippen LogP contribution is -2.38. The molecule has 0 aliphatic carbocycles. The first-order valence-corrected chi connectivity index (χ1v) is 3.09. The number of aliphatic imine (C=N–C) groups is 2. The summed E-state index contributed by atoms with van der Waals surface area (Å²) in [5.41, 5.74) is 10.00. The zero-order chi connectivity index (χ0) is 9.14. The molecule has 0 bridgehead atoms. The Labute approximate surface area is 67.5 Å². The lowest BCUT2D eigenvalue weighted by Gasteiger charge is -2.07. The Kier molecular flexibility index (Phi) is 2.04. The van der Waals surface area contributed by atoms with E-state index in [1.807, 2.05) is 0 Å². The highest BCUT2D eigenvalue weighted by molar-refractivity contribution is 6.15. The van der Waals surface area contributed by atoms with Gasteiger partial charge in [-0.2, -0.15) is 9.98 Å². The number of carbonyl (C=O) groups excluding carboxylic acids is 2. The second-order valence-corrected chi connectivity index (χ2v) is 2.09. The van der Waals surface area contributed by atoms with Gasteiger partial charge in [0.2, 0.25) is 11.9 Å². The Morgan fingerprint density at radius 2 is 2.17 bits per heavy atom. The number of guanidine groups is 2. The third-order valence-corrected chi connectivity index (χ3v) is 1.03. The molecule has 1 aliphatic heterocycles. The van der Waals surface area contributed by atoms with Crippen LogP contribution in [0.3, 0.4) is 0 Å². The molecule has 0 aromatic rings. The van der Waals surface area contributed by atoms with E-state index in [1.54, 1.807) is 0 Å². The Morgan fingerprint density at radius 1 is 1.50 bits per heavy atom. The number of amides is 2. The second kappa shape index (κ2) is 2.99. The predicted molar refractivity (Wildman–Crippen MR) is 41.0 cm³/mol. The van der Waals surface area contributed by atoms with Gasteiger partial charge >= 0.3 is 0 Å². The van der Waals surface area contributed by atoms with Crippen LogP contribution < -0.4 is 16.8 Å². The molecular formula is C5H7N5O2. The van der Waals surface area contributed by atoms with Gasteiger partial charge in [-0.1, -0.05) is 0 Å². The maximum Gasteiger partial charge on any atom is 0.258 e.